The van der Waals surface area contributed by atoms with Crippen molar-refractivity contribution in [3.05, 3.63) is 83.6 Å². The Hall–Kier alpha value is -3.91. The van der Waals surface area contributed by atoms with Gasteiger partial charge in [0.05, 0.1) is 10.4 Å². The molecule has 34 heavy (non-hydrogen) atoms. The average molecular weight is 478 g/mol. The molecule has 0 aliphatic heterocycles. The Bertz CT molecular complexity index is 1530. The molecule has 0 radical (unpaired) electrons. The Kier molecular flexibility index (Phi) is 6.01. The van der Waals surface area contributed by atoms with Crippen molar-refractivity contribution in [3.8, 4) is 16.9 Å². The molecule has 1 heterocycles. The van der Waals surface area contributed by atoms with Crippen molar-refractivity contribution in [1.29, 1.82) is 0 Å². The van der Waals surface area contributed by atoms with Crippen LogP contribution in [0.3, 0.4) is 0 Å². The number of nitrogens with zero attached hydrogens (tertiary/aromatic N) is 1. The van der Waals surface area contributed by atoms with E-state index in [4.69, 9.17) is 9.84 Å². The van der Waals surface area contributed by atoms with Crippen LogP contribution in [0.2, 0.25) is 0 Å². The van der Waals surface area contributed by atoms with Crippen LogP contribution >= 0.6 is 0 Å². The maximum absolute atomic E-state index is 13.5. The highest BCUT2D eigenvalue weighted by Gasteiger charge is 2.24. The van der Waals surface area contributed by atoms with Gasteiger partial charge >= 0.3 is 5.97 Å². The van der Waals surface area contributed by atoms with Crippen LogP contribution in [0.25, 0.3) is 22.0 Å². The molecule has 0 atom stereocenters. The number of aliphatic carboxylic acids is 1. The van der Waals surface area contributed by atoms with Crippen molar-refractivity contribution in [3.63, 3.8) is 0 Å². The number of carboxylic acids is 1. The number of hydrogen-bond acceptors (Lipinski definition) is 5. The number of aryl methyl sites for hydroxylation is 2. The standard InChI is InChI=1S/C26H23NO6S/c1-16-4-6-19(7-5-16)20-8-10-24-22(13-20)23(18(3)28)14-27(24)34(31,32)21-9-11-25(17(2)12-21)33-15-26(29)30/h4-14H,15H2,1-3H3,(H,29,30). The number of ketones is 1. The van der Waals surface area contributed by atoms with Crippen molar-refractivity contribution in [1.82, 2.24) is 3.97 Å². The number of carboxylic acid groups (broad SMARTS) is 1. The van der Waals surface area contributed by atoms with Gasteiger partial charge in [-0.15, -0.1) is 0 Å². The lowest BCUT2D eigenvalue weighted by atomic mass is 10.0. The van der Waals surface area contributed by atoms with E-state index in [0.717, 1.165) is 20.7 Å². The van der Waals surface area contributed by atoms with Gasteiger partial charge in [0, 0.05) is 17.1 Å². The molecule has 7 nitrogen and oxygen atoms in total. The number of carbonyl (C=O) groups excluding carboxylic acids is 1. The van der Waals surface area contributed by atoms with Crippen LogP contribution < -0.4 is 4.74 Å². The van der Waals surface area contributed by atoms with E-state index in [9.17, 15) is 18.0 Å². The van der Waals surface area contributed by atoms with Crippen LogP contribution in [0.15, 0.2) is 71.8 Å². The first kappa shape index (κ1) is 23.3. The molecule has 0 amide bonds. The third-order valence-electron chi connectivity index (χ3n) is 5.59. The minimum atomic E-state index is -4.04. The molecular formula is C26H23NO6S. The number of carbonyl (C=O) groups is 2. The fraction of sp³-hybridized carbons (Fsp3) is 0.154. The molecule has 0 aliphatic rings. The van der Waals surface area contributed by atoms with Crippen molar-refractivity contribution >= 4 is 32.7 Å². The van der Waals surface area contributed by atoms with Gasteiger partial charge in [0.2, 0.25) is 0 Å². The summed E-state index contributed by atoms with van der Waals surface area (Å²) >= 11 is 0. The predicted octanol–water partition coefficient (Wildman–Crippen LogP) is 4.83. The van der Waals surface area contributed by atoms with E-state index in [0.29, 0.717) is 22.0 Å². The van der Waals surface area contributed by atoms with E-state index in [1.165, 1.54) is 31.3 Å². The molecule has 0 aliphatic carbocycles. The molecule has 1 N–H and O–H groups in total. The van der Waals surface area contributed by atoms with Crippen LogP contribution in [-0.2, 0) is 14.8 Å². The molecule has 0 unspecified atom stereocenters. The summed E-state index contributed by atoms with van der Waals surface area (Å²) in [5.41, 5.74) is 4.15. The molecular weight excluding hydrogens is 454 g/mol. The Labute approximate surface area is 197 Å². The normalized spacial score (nSPS) is 11.5. The van der Waals surface area contributed by atoms with Crippen molar-refractivity contribution < 1.29 is 27.9 Å². The highest BCUT2D eigenvalue weighted by Crippen LogP contribution is 2.32. The zero-order chi connectivity index (χ0) is 24.6. The molecule has 4 rings (SSSR count). The van der Waals surface area contributed by atoms with E-state index in [2.05, 4.69) is 0 Å². The third kappa shape index (κ3) is 4.32. The monoisotopic (exact) mass is 477 g/mol. The van der Waals surface area contributed by atoms with Crippen molar-refractivity contribution in [2.75, 3.05) is 6.61 Å². The quantitative estimate of drug-likeness (QED) is 0.383. The summed E-state index contributed by atoms with van der Waals surface area (Å²) in [4.78, 5) is 23.1. The van der Waals surface area contributed by atoms with Gasteiger partial charge < -0.3 is 9.84 Å². The van der Waals surface area contributed by atoms with Gasteiger partial charge in [0.25, 0.3) is 10.0 Å². The van der Waals surface area contributed by atoms with E-state index < -0.39 is 22.6 Å². The Morgan fingerprint density at radius 3 is 2.24 bits per heavy atom. The fourth-order valence-corrected chi connectivity index (χ4v) is 5.26. The number of rotatable bonds is 7. The van der Waals surface area contributed by atoms with Gasteiger partial charge in [-0.05, 0) is 67.8 Å². The van der Waals surface area contributed by atoms with Crippen LogP contribution in [0.5, 0.6) is 5.75 Å². The van der Waals surface area contributed by atoms with Gasteiger partial charge in [0.15, 0.2) is 12.4 Å². The fourth-order valence-electron chi connectivity index (χ4n) is 3.80. The Morgan fingerprint density at radius 1 is 0.941 bits per heavy atom. The molecule has 4 aromatic rings. The number of aromatic nitrogens is 1. The van der Waals surface area contributed by atoms with Gasteiger partial charge in [-0.3, -0.25) is 4.79 Å². The van der Waals surface area contributed by atoms with Crippen LogP contribution in [0.1, 0.15) is 28.4 Å². The number of fused-ring (bicyclic) bond motifs is 1. The van der Waals surface area contributed by atoms with E-state index in [1.54, 1.807) is 13.0 Å². The van der Waals surface area contributed by atoms with Crippen molar-refractivity contribution in [2.45, 2.75) is 25.7 Å². The minimum Gasteiger partial charge on any atom is -0.482 e. The first-order valence-corrected chi connectivity index (χ1v) is 12.0. The molecule has 0 bridgehead atoms. The molecule has 3 aromatic carbocycles. The summed E-state index contributed by atoms with van der Waals surface area (Å²) in [5, 5.41) is 9.35. The number of benzene rings is 3. The van der Waals surface area contributed by atoms with Crippen LogP contribution in [0, 0.1) is 13.8 Å². The molecule has 0 saturated carbocycles. The lowest BCUT2D eigenvalue weighted by Crippen LogP contribution is -2.13. The summed E-state index contributed by atoms with van der Waals surface area (Å²) in [7, 11) is -4.04. The first-order valence-electron chi connectivity index (χ1n) is 10.5. The highest BCUT2D eigenvalue weighted by molar-refractivity contribution is 7.90. The van der Waals surface area contributed by atoms with E-state index in [1.807, 2.05) is 43.3 Å². The smallest absolute Gasteiger partial charge is 0.341 e. The summed E-state index contributed by atoms with van der Waals surface area (Å²) in [6.07, 6.45) is 1.35. The zero-order valence-corrected chi connectivity index (χ0v) is 19.7. The Balaban J connectivity index is 1.82. The summed E-state index contributed by atoms with van der Waals surface area (Å²) in [5.74, 6) is -1.09. The van der Waals surface area contributed by atoms with Crippen LogP contribution in [0.4, 0.5) is 0 Å². The summed E-state index contributed by atoms with van der Waals surface area (Å²) in [6.45, 7) is 4.51. The SMILES string of the molecule is CC(=O)c1cn(S(=O)(=O)c2ccc(OCC(=O)O)c(C)c2)c2ccc(-c3ccc(C)cc3)cc12. The topological polar surface area (TPSA) is 103 Å². The van der Waals surface area contributed by atoms with Gasteiger partial charge in [0.1, 0.15) is 5.75 Å². The third-order valence-corrected chi connectivity index (χ3v) is 7.26. The molecule has 0 saturated heterocycles. The zero-order valence-electron chi connectivity index (χ0n) is 18.9. The maximum atomic E-state index is 13.5. The second kappa shape index (κ2) is 8.79. The Morgan fingerprint density at radius 2 is 1.62 bits per heavy atom. The first-order chi connectivity index (χ1) is 16.1. The molecule has 1 aromatic heterocycles. The lowest BCUT2D eigenvalue weighted by molar-refractivity contribution is -0.139. The second-order valence-corrected chi connectivity index (χ2v) is 9.92. The largest absolute Gasteiger partial charge is 0.482 e. The van der Waals surface area contributed by atoms with E-state index in [-0.39, 0.29) is 16.4 Å². The molecule has 0 fully saturated rings. The number of hydrogen-bond donors (Lipinski definition) is 1. The van der Waals surface area contributed by atoms with E-state index >= 15 is 0 Å². The summed E-state index contributed by atoms with van der Waals surface area (Å²) < 4.78 is 33.4. The highest BCUT2D eigenvalue weighted by atomic mass is 32.2. The van der Waals surface area contributed by atoms with Gasteiger partial charge in [-0.2, -0.15) is 0 Å². The molecule has 8 heteroatoms. The lowest BCUT2D eigenvalue weighted by Gasteiger charge is -2.11. The predicted molar refractivity (Wildman–Crippen MR) is 129 cm³/mol. The molecule has 174 valence electrons. The number of Topliss-reactive ketones (excluding diaryl/α,β-unsaturated/α-hetero) is 1. The second-order valence-electron chi connectivity index (χ2n) is 8.11. The minimum absolute atomic E-state index is 0.00212. The number of ether oxygens (including phenoxy) is 1. The van der Waals surface area contributed by atoms with Crippen LogP contribution in [-0.4, -0.2) is 35.9 Å². The maximum Gasteiger partial charge on any atom is 0.341 e. The van der Waals surface area contributed by atoms with Gasteiger partial charge in [-0.1, -0.05) is 35.9 Å². The molecule has 0 spiro atoms. The summed E-state index contributed by atoms with van der Waals surface area (Å²) in [6, 6.07) is 17.5. The average Bonchev–Trinajstić information content (AvgIpc) is 3.18. The van der Waals surface area contributed by atoms with Gasteiger partial charge in [-0.25, -0.2) is 17.2 Å². The van der Waals surface area contributed by atoms with Crippen molar-refractivity contribution in [2.24, 2.45) is 0 Å².